The van der Waals surface area contributed by atoms with Gasteiger partial charge in [0.25, 0.3) is 0 Å². The van der Waals surface area contributed by atoms with Crippen molar-refractivity contribution in [2.24, 2.45) is 0 Å². The smallest absolute Gasteiger partial charge is 0.400 e. The summed E-state index contributed by atoms with van der Waals surface area (Å²) in [7, 11) is 0. The van der Waals surface area contributed by atoms with Gasteiger partial charge < -0.3 is 4.74 Å². The summed E-state index contributed by atoms with van der Waals surface area (Å²) in [5.41, 5.74) is -0.298. The highest BCUT2D eigenvalue weighted by Gasteiger charge is 2.06. The van der Waals surface area contributed by atoms with Gasteiger partial charge in [-0.1, -0.05) is 4.49 Å². The first-order valence-corrected chi connectivity index (χ1v) is 3.51. The van der Waals surface area contributed by atoms with Gasteiger partial charge in [0.2, 0.25) is 5.06 Å². The molecule has 0 aliphatic carbocycles. The van der Waals surface area contributed by atoms with Crippen LogP contribution in [-0.2, 0) is 0 Å². The van der Waals surface area contributed by atoms with E-state index in [1.165, 1.54) is 0 Å². The summed E-state index contributed by atoms with van der Waals surface area (Å²) in [6.07, 6.45) is 0. The molecule has 0 radical (unpaired) electrons. The minimum Gasteiger partial charge on any atom is -0.400 e. The van der Waals surface area contributed by atoms with E-state index in [9.17, 15) is 4.79 Å². The molecule has 10 heavy (non-hydrogen) atoms. The van der Waals surface area contributed by atoms with Gasteiger partial charge >= 0.3 is 5.43 Å². The van der Waals surface area contributed by atoms with Crippen LogP contribution in [0.3, 0.4) is 0 Å². The highest BCUT2D eigenvalue weighted by molar-refractivity contribution is 7.07. The summed E-state index contributed by atoms with van der Waals surface area (Å²) >= 11 is 5.92. The van der Waals surface area contributed by atoms with Crippen LogP contribution >= 0.6 is 23.1 Å². The Kier molecular flexibility index (Phi) is 2.18. The lowest BCUT2D eigenvalue weighted by Crippen LogP contribution is -1.94. The molecule has 1 rings (SSSR count). The number of aryl methyl sites for hydroxylation is 1. The number of carbonyl (C=O) groups is 1. The van der Waals surface area contributed by atoms with Gasteiger partial charge in [0.15, 0.2) is 0 Å². The van der Waals surface area contributed by atoms with Crippen molar-refractivity contribution in [3.63, 3.8) is 0 Å². The van der Waals surface area contributed by atoms with E-state index in [2.05, 4.69) is 14.3 Å². The van der Waals surface area contributed by atoms with Gasteiger partial charge in [-0.2, -0.15) is 0 Å². The van der Waals surface area contributed by atoms with Crippen molar-refractivity contribution in [3.8, 4) is 5.06 Å². The van der Waals surface area contributed by atoms with E-state index in [-0.39, 0.29) is 0 Å². The minimum atomic E-state index is -0.867. The fourth-order valence-corrected chi connectivity index (χ4v) is 1.04. The third-order valence-electron chi connectivity index (χ3n) is 0.783. The quantitative estimate of drug-likeness (QED) is 0.613. The number of nitrogens with zero attached hydrogens (tertiary/aromatic N) is 2. The van der Waals surface area contributed by atoms with Crippen LogP contribution in [-0.4, -0.2) is 15.0 Å². The van der Waals surface area contributed by atoms with Crippen molar-refractivity contribution in [3.05, 3.63) is 5.69 Å². The number of hydrogen-bond acceptors (Lipinski definition) is 5. The molecule has 0 N–H and O–H groups in total. The van der Waals surface area contributed by atoms with Crippen LogP contribution in [0.15, 0.2) is 0 Å². The Hall–Kier alpha value is -0.680. The molecule has 6 heteroatoms. The van der Waals surface area contributed by atoms with Crippen LogP contribution in [0.2, 0.25) is 0 Å². The summed E-state index contributed by atoms with van der Waals surface area (Å²) in [5.74, 6) is 0. The first-order valence-electron chi connectivity index (χ1n) is 2.36. The topological polar surface area (TPSA) is 52.1 Å². The molecular weight excluding hydrogens is 176 g/mol. The molecule has 0 amide bonds. The highest BCUT2D eigenvalue weighted by Crippen LogP contribution is 2.19. The molecule has 54 valence electrons. The van der Waals surface area contributed by atoms with Gasteiger partial charge in [-0.3, -0.25) is 0 Å². The van der Waals surface area contributed by atoms with E-state index in [0.717, 1.165) is 11.5 Å². The summed E-state index contributed by atoms with van der Waals surface area (Å²) in [4.78, 5) is 10.2. The lowest BCUT2D eigenvalue weighted by Gasteiger charge is -1.91. The molecule has 1 aromatic heterocycles. The average Bonchev–Trinajstić information content (AvgIpc) is 2.15. The highest BCUT2D eigenvalue weighted by atomic mass is 35.5. The second kappa shape index (κ2) is 2.94. The Labute approximate surface area is 65.9 Å². The molecule has 0 atom stereocenters. The molecule has 0 aliphatic rings. The summed E-state index contributed by atoms with van der Waals surface area (Å²) in [5, 5.41) is 3.95. The maximum atomic E-state index is 10.2. The van der Waals surface area contributed by atoms with E-state index >= 15 is 0 Å². The van der Waals surface area contributed by atoms with Gasteiger partial charge in [0, 0.05) is 23.1 Å². The maximum Gasteiger partial charge on any atom is 0.410 e. The summed E-state index contributed by atoms with van der Waals surface area (Å²) < 4.78 is 8.04. The van der Waals surface area contributed by atoms with Crippen molar-refractivity contribution < 1.29 is 9.53 Å². The van der Waals surface area contributed by atoms with Gasteiger partial charge in [0.1, 0.15) is 5.69 Å². The largest absolute Gasteiger partial charge is 0.410 e. The normalized spacial score (nSPS) is 9.40. The van der Waals surface area contributed by atoms with Crippen LogP contribution in [0.4, 0.5) is 4.79 Å². The molecule has 0 aromatic carbocycles. The molecule has 0 aliphatic heterocycles. The monoisotopic (exact) mass is 178 g/mol. The van der Waals surface area contributed by atoms with Crippen LogP contribution < -0.4 is 4.74 Å². The standard InChI is InChI=1S/C4H3ClN2O2S/c1-2-3(9-4(5)8)10-7-6-2/h1H3. The van der Waals surface area contributed by atoms with E-state index in [1.807, 2.05) is 0 Å². The number of ether oxygens (including phenoxy) is 1. The van der Waals surface area contributed by atoms with Crippen LogP contribution in [0.5, 0.6) is 5.06 Å². The fourth-order valence-electron chi connectivity index (χ4n) is 0.391. The van der Waals surface area contributed by atoms with Crippen LogP contribution in [0.1, 0.15) is 5.69 Å². The fraction of sp³-hybridized carbons (Fsp3) is 0.250. The predicted molar refractivity (Wildman–Crippen MR) is 36.5 cm³/mol. The number of hydrogen-bond donors (Lipinski definition) is 0. The van der Waals surface area contributed by atoms with Crippen molar-refractivity contribution in [1.29, 1.82) is 0 Å². The Balaban J connectivity index is 2.74. The Morgan fingerprint density at radius 3 is 2.90 bits per heavy atom. The maximum absolute atomic E-state index is 10.2. The molecule has 0 bridgehead atoms. The SMILES string of the molecule is Cc1nnsc1OC(=O)Cl. The molecule has 0 saturated carbocycles. The number of rotatable bonds is 1. The Morgan fingerprint density at radius 1 is 1.80 bits per heavy atom. The molecule has 0 unspecified atom stereocenters. The Bertz CT molecular complexity index is 249. The zero-order chi connectivity index (χ0) is 7.56. The first kappa shape index (κ1) is 7.43. The van der Waals surface area contributed by atoms with Crippen LogP contribution in [0, 0.1) is 6.92 Å². The zero-order valence-electron chi connectivity index (χ0n) is 5.00. The van der Waals surface area contributed by atoms with Gasteiger partial charge in [0.05, 0.1) is 0 Å². The molecule has 4 nitrogen and oxygen atoms in total. The molecule has 0 spiro atoms. The van der Waals surface area contributed by atoms with Crippen molar-refractivity contribution in [2.75, 3.05) is 0 Å². The lowest BCUT2D eigenvalue weighted by atomic mass is 10.6. The average molecular weight is 179 g/mol. The molecular formula is C4H3ClN2O2S. The second-order valence-corrected chi connectivity index (χ2v) is 2.51. The molecule has 0 saturated heterocycles. The zero-order valence-corrected chi connectivity index (χ0v) is 6.57. The molecule has 0 fully saturated rings. The van der Waals surface area contributed by atoms with Gasteiger partial charge in [-0.05, 0) is 6.92 Å². The number of carbonyl (C=O) groups excluding carboxylic acids is 1. The van der Waals surface area contributed by atoms with Gasteiger partial charge in [-0.25, -0.2) is 4.79 Å². The van der Waals surface area contributed by atoms with E-state index in [1.54, 1.807) is 6.92 Å². The number of halogens is 1. The third kappa shape index (κ3) is 1.65. The third-order valence-corrected chi connectivity index (χ3v) is 1.57. The summed E-state index contributed by atoms with van der Waals surface area (Å²) in [6.45, 7) is 1.68. The molecule has 1 aromatic rings. The molecule has 1 heterocycles. The summed E-state index contributed by atoms with van der Waals surface area (Å²) in [6, 6.07) is 0. The van der Waals surface area contributed by atoms with Crippen molar-refractivity contribution in [2.45, 2.75) is 6.92 Å². The predicted octanol–water partition coefficient (Wildman–Crippen LogP) is 1.58. The van der Waals surface area contributed by atoms with E-state index in [0.29, 0.717) is 10.8 Å². The van der Waals surface area contributed by atoms with Crippen molar-refractivity contribution in [1.82, 2.24) is 9.59 Å². The van der Waals surface area contributed by atoms with Gasteiger partial charge in [-0.15, -0.1) is 5.10 Å². The van der Waals surface area contributed by atoms with E-state index < -0.39 is 5.43 Å². The number of aromatic nitrogens is 2. The van der Waals surface area contributed by atoms with Crippen LogP contribution in [0.25, 0.3) is 0 Å². The lowest BCUT2D eigenvalue weighted by molar-refractivity contribution is 0.226. The first-order chi connectivity index (χ1) is 4.70. The van der Waals surface area contributed by atoms with E-state index in [4.69, 9.17) is 11.6 Å². The second-order valence-electron chi connectivity index (χ2n) is 1.49. The Morgan fingerprint density at radius 2 is 2.50 bits per heavy atom. The minimum absolute atomic E-state index is 0.347. The van der Waals surface area contributed by atoms with Crippen molar-refractivity contribution >= 4 is 28.6 Å².